The molecular weight excluding hydrogens is 761 g/mol. The lowest BCUT2D eigenvalue weighted by molar-refractivity contribution is -0.137. The molecule has 4 N–H and O–H groups in total. The van der Waals surface area contributed by atoms with Gasteiger partial charge in [0.25, 0.3) is 5.91 Å². The highest BCUT2D eigenvalue weighted by molar-refractivity contribution is 8.00. The summed E-state index contributed by atoms with van der Waals surface area (Å²) in [6.07, 6.45) is 12.5. The summed E-state index contributed by atoms with van der Waals surface area (Å²) in [4.78, 5) is 76.2. The first kappa shape index (κ1) is 40.9. The van der Waals surface area contributed by atoms with Crippen molar-refractivity contribution in [1.29, 1.82) is 0 Å². The molecule has 3 aromatic heterocycles. The SMILES string of the molecule is CC(C)(C)c1cnc(CSc2cnc(NC(=O)C3CCN(CCCCCCCCNC(=O)NCc4cc5c(s4)C(=O)N(C4CCC(=O)NC4=O)C5)CC3)s2)o1. The fraction of sp³-hybridized carbons (Fsp3) is 0.605. The molecule has 0 aromatic carbocycles. The van der Waals surface area contributed by atoms with E-state index in [9.17, 15) is 24.0 Å². The molecule has 3 aliphatic heterocycles. The Kier molecular flexibility index (Phi) is 14.0. The number of urea groups is 1. The predicted molar refractivity (Wildman–Crippen MR) is 213 cm³/mol. The van der Waals surface area contributed by atoms with Crippen LogP contribution in [0.4, 0.5) is 9.93 Å². The van der Waals surface area contributed by atoms with E-state index in [1.807, 2.05) is 6.07 Å². The molecule has 0 spiro atoms. The zero-order chi connectivity index (χ0) is 39.0. The molecule has 17 heteroatoms. The molecule has 0 bridgehead atoms. The van der Waals surface area contributed by atoms with Crippen molar-refractivity contribution in [3.63, 3.8) is 0 Å². The van der Waals surface area contributed by atoms with Crippen LogP contribution in [0.3, 0.4) is 0 Å². The quantitative estimate of drug-likeness (QED) is 0.0715. The number of nitrogens with zero attached hydrogens (tertiary/aromatic N) is 4. The molecule has 2 saturated heterocycles. The van der Waals surface area contributed by atoms with Crippen molar-refractivity contribution in [1.82, 2.24) is 35.7 Å². The van der Waals surface area contributed by atoms with E-state index >= 15 is 0 Å². The molecule has 0 saturated carbocycles. The predicted octanol–water partition coefficient (Wildman–Crippen LogP) is 6.03. The lowest BCUT2D eigenvalue weighted by Gasteiger charge is -2.31. The minimum Gasteiger partial charge on any atom is -0.444 e. The molecule has 14 nitrogen and oxygen atoms in total. The second-order valence-electron chi connectivity index (χ2n) is 15.4. The van der Waals surface area contributed by atoms with Gasteiger partial charge in [-0.3, -0.25) is 24.5 Å². The van der Waals surface area contributed by atoms with E-state index in [2.05, 4.69) is 56.9 Å². The lowest BCUT2D eigenvalue weighted by Crippen LogP contribution is -2.52. The van der Waals surface area contributed by atoms with Gasteiger partial charge in [-0.25, -0.2) is 14.8 Å². The Balaban J connectivity index is 0.754. The highest BCUT2D eigenvalue weighted by Gasteiger charge is 2.40. The van der Waals surface area contributed by atoms with E-state index in [1.165, 1.54) is 34.0 Å². The first-order chi connectivity index (χ1) is 26.4. The third kappa shape index (κ3) is 11.4. The van der Waals surface area contributed by atoms with Gasteiger partial charge in [0.2, 0.25) is 23.6 Å². The highest BCUT2D eigenvalue weighted by Crippen LogP contribution is 2.34. The number of anilines is 1. The number of hydrogen-bond acceptors (Lipinski definition) is 12. The van der Waals surface area contributed by atoms with E-state index in [0.29, 0.717) is 47.7 Å². The van der Waals surface area contributed by atoms with E-state index in [-0.39, 0.29) is 41.5 Å². The van der Waals surface area contributed by atoms with Crippen molar-refractivity contribution < 1.29 is 28.4 Å². The number of piperidine rings is 2. The van der Waals surface area contributed by atoms with Gasteiger partial charge >= 0.3 is 6.03 Å². The summed E-state index contributed by atoms with van der Waals surface area (Å²) in [5.74, 6) is 1.34. The molecule has 1 unspecified atom stereocenters. The zero-order valence-corrected chi connectivity index (χ0v) is 34.3. The Bertz CT molecular complexity index is 1830. The molecule has 3 aromatic rings. The Labute approximate surface area is 334 Å². The van der Waals surface area contributed by atoms with Crippen molar-refractivity contribution in [3.05, 3.63) is 45.4 Å². The van der Waals surface area contributed by atoms with Crippen LogP contribution >= 0.6 is 34.4 Å². The second-order valence-corrected chi connectivity index (χ2v) is 18.9. The van der Waals surface area contributed by atoms with E-state index in [0.717, 1.165) is 85.0 Å². The van der Waals surface area contributed by atoms with Crippen LogP contribution in [-0.4, -0.2) is 81.6 Å². The number of hydrogen-bond donors (Lipinski definition) is 4. The fourth-order valence-corrected chi connectivity index (χ4v) is 9.75. The van der Waals surface area contributed by atoms with E-state index in [4.69, 9.17) is 4.42 Å². The fourth-order valence-electron chi connectivity index (χ4n) is 6.95. The summed E-state index contributed by atoms with van der Waals surface area (Å²) in [6, 6.07) is 1.06. The number of rotatable bonds is 17. The summed E-state index contributed by atoms with van der Waals surface area (Å²) in [6.45, 7) is 10.5. The molecule has 1 atom stereocenters. The Morgan fingerprint density at radius 2 is 1.75 bits per heavy atom. The first-order valence-electron chi connectivity index (χ1n) is 19.3. The van der Waals surface area contributed by atoms with Gasteiger partial charge in [-0.2, -0.15) is 0 Å². The van der Waals surface area contributed by atoms with Crippen molar-refractivity contribution in [3.8, 4) is 0 Å². The molecule has 55 heavy (non-hydrogen) atoms. The minimum atomic E-state index is -0.621. The van der Waals surface area contributed by atoms with Crippen molar-refractivity contribution in [2.24, 2.45) is 5.92 Å². The van der Waals surface area contributed by atoms with Gasteiger partial charge in [0.05, 0.1) is 33.8 Å². The summed E-state index contributed by atoms with van der Waals surface area (Å²) < 4.78 is 6.89. The highest BCUT2D eigenvalue weighted by atomic mass is 32.2. The van der Waals surface area contributed by atoms with Crippen LogP contribution < -0.4 is 21.3 Å². The minimum absolute atomic E-state index is 0.0112. The van der Waals surface area contributed by atoms with E-state index < -0.39 is 11.9 Å². The maximum atomic E-state index is 12.9. The molecule has 0 aliphatic carbocycles. The topological polar surface area (TPSA) is 179 Å². The van der Waals surface area contributed by atoms with Crippen LogP contribution in [0.25, 0.3) is 0 Å². The van der Waals surface area contributed by atoms with Gasteiger partial charge < -0.3 is 30.2 Å². The van der Waals surface area contributed by atoms with Crippen LogP contribution in [-0.2, 0) is 38.6 Å². The third-order valence-electron chi connectivity index (χ3n) is 10.2. The van der Waals surface area contributed by atoms with Gasteiger partial charge in [-0.1, -0.05) is 57.8 Å². The van der Waals surface area contributed by atoms with Gasteiger partial charge in [-0.15, -0.1) is 23.1 Å². The standard InChI is InChI=1S/C38H52N8O6S3/c1-38(2,3)28-20-40-30(52-28)23-53-31-21-42-37(55-31)44-33(48)24-12-16-45(17-13-24)15-9-7-5-4-6-8-14-39-36(51)41-19-26-18-25-22-46(35(50)32(25)54-26)27-10-11-29(47)43-34(27)49/h18,20-21,24,27H,4-17,19,22-23H2,1-3H3,(H2,39,41,51)(H,42,44,48)(H,43,47,49). The van der Waals surface area contributed by atoms with Crippen LogP contribution in [0.1, 0.15) is 117 Å². The molecule has 6 amide bonds. The molecule has 3 aliphatic rings. The lowest BCUT2D eigenvalue weighted by atomic mass is 9.94. The Hall–Kier alpha value is -3.80. The number of carbonyl (C=O) groups excluding carboxylic acids is 5. The van der Waals surface area contributed by atoms with Crippen LogP contribution in [0, 0.1) is 5.92 Å². The molecule has 6 heterocycles. The van der Waals surface area contributed by atoms with Crippen molar-refractivity contribution in [2.45, 2.75) is 119 Å². The maximum Gasteiger partial charge on any atom is 0.315 e. The normalized spacial score (nSPS) is 18.1. The number of imide groups is 1. The number of nitrogens with one attached hydrogen (secondary N) is 4. The summed E-state index contributed by atoms with van der Waals surface area (Å²) in [5.41, 5.74) is 0.782. The first-order valence-corrected chi connectivity index (χ1v) is 21.9. The van der Waals surface area contributed by atoms with Gasteiger partial charge in [0.15, 0.2) is 5.13 Å². The summed E-state index contributed by atoms with van der Waals surface area (Å²) in [5, 5.41) is 11.8. The molecule has 298 valence electrons. The number of likely N-dealkylation sites (tertiary alicyclic amines) is 1. The molecular formula is C38H52N8O6S3. The monoisotopic (exact) mass is 812 g/mol. The van der Waals surface area contributed by atoms with Crippen molar-refractivity contribution >= 4 is 69.2 Å². The van der Waals surface area contributed by atoms with Crippen LogP contribution in [0.5, 0.6) is 0 Å². The number of fused-ring (bicyclic) bond motifs is 1. The average molecular weight is 813 g/mol. The third-order valence-corrected chi connectivity index (χ3v) is 13.4. The van der Waals surface area contributed by atoms with Gasteiger partial charge in [0.1, 0.15) is 11.8 Å². The number of aromatic nitrogens is 2. The largest absolute Gasteiger partial charge is 0.444 e. The number of thiazole rings is 1. The smallest absolute Gasteiger partial charge is 0.315 e. The van der Waals surface area contributed by atoms with Crippen LogP contribution in [0.15, 0.2) is 27.1 Å². The number of unbranched alkanes of at least 4 members (excludes halogenated alkanes) is 5. The Morgan fingerprint density at radius 1 is 0.982 bits per heavy atom. The molecule has 6 rings (SSSR count). The number of thiophene rings is 1. The van der Waals surface area contributed by atoms with Crippen LogP contribution in [0.2, 0.25) is 0 Å². The van der Waals surface area contributed by atoms with Gasteiger partial charge in [0, 0.05) is 35.7 Å². The number of thioether (sulfide) groups is 1. The summed E-state index contributed by atoms with van der Waals surface area (Å²) in [7, 11) is 0. The number of amides is 6. The van der Waals surface area contributed by atoms with Gasteiger partial charge in [-0.05, 0) is 63.4 Å². The van der Waals surface area contributed by atoms with E-state index in [1.54, 1.807) is 24.2 Å². The Morgan fingerprint density at radius 3 is 2.47 bits per heavy atom. The average Bonchev–Trinajstić information content (AvgIpc) is 3.95. The molecule has 2 fully saturated rings. The number of oxazole rings is 1. The number of carbonyl (C=O) groups is 5. The maximum absolute atomic E-state index is 12.9. The zero-order valence-electron chi connectivity index (χ0n) is 31.9. The summed E-state index contributed by atoms with van der Waals surface area (Å²) >= 11 is 4.43. The second kappa shape index (κ2) is 18.9. The van der Waals surface area contributed by atoms with Crippen molar-refractivity contribution in [2.75, 3.05) is 31.5 Å². The molecule has 0 radical (unpaired) electrons.